The van der Waals surface area contributed by atoms with Crippen molar-refractivity contribution >= 4 is 5.97 Å². The molecule has 21 heavy (non-hydrogen) atoms. The monoisotopic (exact) mass is 285 g/mol. The van der Waals surface area contributed by atoms with Crippen molar-refractivity contribution in [1.82, 2.24) is 4.57 Å². The molecule has 108 valence electrons. The van der Waals surface area contributed by atoms with Gasteiger partial charge >= 0.3 is 5.97 Å². The van der Waals surface area contributed by atoms with Gasteiger partial charge in [-0.15, -0.1) is 0 Å². The summed E-state index contributed by atoms with van der Waals surface area (Å²) in [4.78, 5) is 22.8. The zero-order valence-corrected chi connectivity index (χ0v) is 11.6. The van der Waals surface area contributed by atoms with Crippen LogP contribution in [0, 0.1) is 6.92 Å². The van der Waals surface area contributed by atoms with Crippen LogP contribution in [0.5, 0.6) is 5.75 Å². The molecule has 5 nitrogen and oxygen atoms in total. The summed E-state index contributed by atoms with van der Waals surface area (Å²) < 4.78 is 7.21. The highest BCUT2D eigenvalue weighted by Gasteiger charge is 2.23. The van der Waals surface area contributed by atoms with E-state index >= 15 is 0 Å². The van der Waals surface area contributed by atoms with Crippen LogP contribution in [0.25, 0.3) is 0 Å². The molecule has 2 heterocycles. The molecular weight excluding hydrogens is 270 g/mol. The summed E-state index contributed by atoms with van der Waals surface area (Å²) in [5.74, 6) is -0.206. The molecule has 0 amide bonds. The van der Waals surface area contributed by atoms with Gasteiger partial charge in [0, 0.05) is 18.7 Å². The summed E-state index contributed by atoms with van der Waals surface area (Å²) in [7, 11) is 0. The third-order valence-electron chi connectivity index (χ3n) is 3.59. The molecule has 0 spiro atoms. The molecule has 1 aliphatic heterocycles. The van der Waals surface area contributed by atoms with Gasteiger partial charge in [0.25, 0.3) is 5.56 Å². The summed E-state index contributed by atoms with van der Waals surface area (Å²) in [6, 6.07) is 8.58. The largest absolute Gasteiger partial charge is 0.488 e. The van der Waals surface area contributed by atoms with Crippen LogP contribution in [0.2, 0.25) is 0 Å². The molecule has 1 N–H and O–H groups in total. The van der Waals surface area contributed by atoms with Crippen molar-refractivity contribution < 1.29 is 14.6 Å². The van der Waals surface area contributed by atoms with Crippen LogP contribution in [0.1, 0.15) is 21.5 Å². The van der Waals surface area contributed by atoms with E-state index in [2.05, 4.69) is 6.07 Å². The number of hydrogen-bond acceptors (Lipinski definition) is 3. The minimum absolute atomic E-state index is 0.0981. The first kappa shape index (κ1) is 13.4. The average molecular weight is 285 g/mol. The van der Waals surface area contributed by atoms with Crippen molar-refractivity contribution in [1.29, 1.82) is 0 Å². The summed E-state index contributed by atoms with van der Waals surface area (Å²) in [5, 5.41) is 8.99. The van der Waals surface area contributed by atoms with Crippen LogP contribution < -0.4 is 10.3 Å². The van der Waals surface area contributed by atoms with Crippen molar-refractivity contribution in [2.75, 3.05) is 0 Å². The number of fused-ring (bicyclic) bond motifs is 1. The summed E-state index contributed by atoms with van der Waals surface area (Å²) in [6.07, 6.45) is 1.94. The van der Waals surface area contributed by atoms with Crippen molar-refractivity contribution in [3.8, 4) is 5.75 Å². The van der Waals surface area contributed by atoms with Crippen molar-refractivity contribution in [3.63, 3.8) is 0 Å². The quantitative estimate of drug-likeness (QED) is 0.934. The molecule has 0 radical (unpaired) electrons. The van der Waals surface area contributed by atoms with Crippen molar-refractivity contribution in [2.45, 2.75) is 26.0 Å². The second-order valence-corrected chi connectivity index (χ2v) is 5.27. The third-order valence-corrected chi connectivity index (χ3v) is 3.59. The van der Waals surface area contributed by atoms with Gasteiger partial charge < -0.3 is 14.4 Å². The Bertz CT molecular complexity index is 763. The standard InChI is InChI=1S/C16H15NO4/c1-10-2-4-14-12(6-10)7-13(21-14)9-17-8-11(16(19)20)3-5-15(17)18/h2-6,8,13H,7,9H2,1H3,(H,19,20). The van der Waals surface area contributed by atoms with Crippen LogP contribution in [0.4, 0.5) is 0 Å². The molecule has 0 fully saturated rings. The molecule has 0 saturated heterocycles. The van der Waals surface area contributed by atoms with Gasteiger partial charge in [-0.2, -0.15) is 0 Å². The van der Waals surface area contributed by atoms with Crippen LogP contribution in [-0.2, 0) is 13.0 Å². The fourth-order valence-electron chi connectivity index (χ4n) is 2.57. The number of aromatic nitrogens is 1. The van der Waals surface area contributed by atoms with Gasteiger partial charge in [-0.3, -0.25) is 4.79 Å². The zero-order chi connectivity index (χ0) is 15.0. The van der Waals surface area contributed by atoms with E-state index in [1.165, 1.54) is 28.5 Å². The number of pyridine rings is 1. The number of rotatable bonds is 3. The number of benzene rings is 1. The van der Waals surface area contributed by atoms with E-state index < -0.39 is 5.97 Å². The molecule has 3 rings (SSSR count). The maximum absolute atomic E-state index is 11.8. The minimum atomic E-state index is -1.05. The Morgan fingerprint density at radius 2 is 2.19 bits per heavy atom. The number of carboxylic acids is 1. The van der Waals surface area contributed by atoms with Gasteiger partial charge in [0.15, 0.2) is 0 Å². The Labute approximate surface area is 121 Å². The smallest absolute Gasteiger partial charge is 0.337 e. The van der Waals surface area contributed by atoms with Crippen LogP contribution in [-0.4, -0.2) is 21.7 Å². The second-order valence-electron chi connectivity index (χ2n) is 5.27. The molecule has 5 heteroatoms. The van der Waals surface area contributed by atoms with E-state index in [-0.39, 0.29) is 17.2 Å². The maximum atomic E-state index is 11.8. The molecule has 1 unspecified atom stereocenters. The first-order valence-electron chi connectivity index (χ1n) is 6.73. The highest BCUT2D eigenvalue weighted by Crippen LogP contribution is 2.29. The van der Waals surface area contributed by atoms with Crippen molar-refractivity contribution in [3.05, 3.63) is 63.6 Å². The van der Waals surface area contributed by atoms with E-state index in [0.29, 0.717) is 6.54 Å². The van der Waals surface area contributed by atoms with Gasteiger partial charge in [-0.1, -0.05) is 17.7 Å². The van der Waals surface area contributed by atoms with Gasteiger partial charge in [0.1, 0.15) is 11.9 Å². The summed E-state index contributed by atoms with van der Waals surface area (Å²) in [6.45, 7) is 2.36. The SMILES string of the molecule is Cc1ccc2c(c1)CC(Cn1cc(C(=O)O)ccc1=O)O2. The molecular formula is C16H15NO4. The van der Waals surface area contributed by atoms with E-state index in [1.807, 2.05) is 19.1 Å². The number of carbonyl (C=O) groups is 1. The minimum Gasteiger partial charge on any atom is -0.488 e. The Morgan fingerprint density at radius 3 is 2.95 bits per heavy atom. The fourth-order valence-corrected chi connectivity index (χ4v) is 2.57. The predicted molar refractivity (Wildman–Crippen MR) is 77.0 cm³/mol. The zero-order valence-electron chi connectivity index (χ0n) is 11.6. The Kier molecular flexibility index (Phi) is 3.25. The molecule has 1 atom stereocenters. The fraction of sp³-hybridized carbons (Fsp3) is 0.250. The van der Waals surface area contributed by atoms with Gasteiger partial charge in [0.05, 0.1) is 12.1 Å². The van der Waals surface area contributed by atoms with E-state index in [0.717, 1.165) is 17.7 Å². The predicted octanol–water partition coefficient (Wildman–Crippen LogP) is 1.86. The average Bonchev–Trinajstić information content (AvgIpc) is 2.82. The molecule has 0 saturated carbocycles. The number of carboxylic acid groups (broad SMARTS) is 1. The van der Waals surface area contributed by atoms with E-state index in [1.54, 1.807) is 0 Å². The van der Waals surface area contributed by atoms with E-state index in [9.17, 15) is 9.59 Å². The van der Waals surface area contributed by atoms with E-state index in [4.69, 9.17) is 9.84 Å². The highest BCUT2D eigenvalue weighted by atomic mass is 16.5. The van der Waals surface area contributed by atoms with Gasteiger partial charge in [-0.05, 0) is 24.6 Å². The molecule has 1 aromatic carbocycles. The normalized spacial score (nSPS) is 16.3. The summed E-state index contributed by atoms with van der Waals surface area (Å²) in [5.41, 5.74) is 2.17. The lowest BCUT2D eigenvalue weighted by Crippen LogP contribution is -2.29. The van der Waals surface area contributed by atoms with Crippen molar-refractivity contribution in [2.24, 2.45) is 0 Å². The third kappa shape index (κ3) is 2.67. The Hall–Kier alpha value is -2.56. The molecule has 1 aliphatic rings. The van der Waals surface area contributed by atoms with Crippen LogP contribution in [0.15, 0.2) is 41.3 Å². The topological polar surface area (TPSA) is 68.5 Å². The number of nitrogens with zero attached hydrogens (tertiary/aromatic N) is 1. The van der Waals surface area contributed by atoms with Gasteiger partial charge in [-0.25, -0.2) is 4.79 Å². The first-order chi connectivity index (χ1) is 10.0. The second kappa shape index (κ2) is 5.09. The lowest BCUT2D eigenvalue weighted by Gasteiger charge is -2.13. The molecule has 0 bridgehead atoms. The Balaban J connectivity index is 1.81. The molecule has 1 aromatic heterocycles. The maximum Gasteiger partial charge on any atom is 0.337 e. The Morgan fingerprint density at radius 1 is 1.38 bits per heavy atom. The lowest BCUT2D eigenvalue weighted by molar-refractivity contribution is 0.0695. The van der Waals surface area contributed by atoms with Crippen LogP contribution >= 0.6 is 0 Å². The first-order valence-corrected chi connectivity index (χ1v) is 6.73. The lowest BCUT2D eigenvalue weighted by atomic mass is 10.1. The summed E-state index contributed by atoms with van der Waals surface area (Å²) >= 11 is 0. The molecule has 2 aromatic rings. The highest BCUT2D eigenvalue weighted by molar-refractivity contribution is 5.87. The number of hydrogen-bond donors (Lipinski definition) is 1. The molecule has 0 aliphatic carbocycles. The number of ether oxygens (including phenoxy) is 1. The van der Waals surface area contributed by atoms with Gasteiger partial charge in [0.2, 0.25) is 0 Å². The number of aromatic carboxylic acids is 1. The van der Waals surface area contributed by atoms with Crippen LogP contribution in [0.3, 0.4) is 0 Å². The number of aryl methyl sites for hydroxylation is 1.